The standard InChI is InChI=1S/C26H34N6O3/c1-3-4-11-27-28-17-21-8-7-9-24(29-21)30-25(33)22-15-20-18-32(26(34)31-12-5-6-13-31)14-10-19(20)16-23(22)35-2/h7-9,11,15-17,24,29H,3-6,10,12-14,18H2,1-2H3,(H,30,33)/b27-11+,28-17+. The number of carbonyl (C=O) groups is 2. The molecule has 0 spiro atoms. The minimum Gasteiger partial charge on any atom is -0.496 e. The molecular weight excluding hydrogens is 444 g/mol. The Labute approximate surface area is 206 Å². The first-order chi connectivity index (χ1) is 17.1. The molecule has 3 aliphatic rings. The number of nitrogens with one attached hydrogen (secondary N) is 2. The zero-order chi connectivity index (χ0) is 24.6. The van der Waals surface area contributed by atoms with Crippen LogP contribution in [0.1, 0.15) is 54.1 Å². The number of benzene rings is 1. The molecule has 2 N–H and O–H groups in total. The van der Waals surface area contributed by atoms with E-state index in [9.17, 15) is 9.59 Å². The van der Waals surface area contributed by atoms with Crippen LogP contribution in [0.5, 0.6) is 5.75 Å². The van der Waals surface area contributed by atoms with E-state index in [0.29, 0.717) is 24.4 Å². The van der Waals surface area contributed by atoms with Gasteiger partial charge in [0.2, 0.25) is 0 Å². The summed E-state index contributed by atoms with van der Waals surface area (Å²) in [7, 11) is 1.57. The summed E-state index contributed by atoms with van der Waals surface area (Å²) in [6.07, 6.45) is 13.4. The lowest BCUT2D eigenvalue weighted by Gasteiger charge is -2.32. The zero-order valence-electron chi connectivity index (χ0n) is 20.5. The Kier molecular flexibility index (Phi) is 8.18. The highest BCUT2D eigenvalue weighted by Gasteiger charge is 2.28. The van der Waals surface area contributed by atoms with Crippen LogP contribution in [0.4, 0.5) is 4.79 Å². The molecule has 1 atom stereocenters. The summed E-state index contributed by atoms with van der Waals surface area (Å²) in [6, 6.07) is 3.88. The van der Waals surface area contributed by atoms with Crippen LogP contribution in [0.15, 0.2) is 46.3 Å². The summed E-state index contributed by atoms with van der Waals surface area (Å²) in [5.41, 5.74) is 3.30. The maximum Gasteiger partial charge on any atom is 0.320 e. The van der Waals surface area contributed by atoms with Crippen molar-refractivity contribution in [3.63, 3.8) is 0 Å². The highest BCUT2D eigenvalue weighted by atomic mass is 16.5. The van der Waals surface area contributed by atoms with Crippen molar-refractivity contribution in [1.82, 2.24) is 20.4 Å². The van der Waals surface area contributed by atoms with Crippen molar-refractivity contribution in [3.8, 4) is 5.75 Å². The Balaban J connectivity index is 1.42. The van der Waals surface area contributed by atoms with Gasteiger partial charge in [-0.3, -0.25) is 4.79 Å². The first kappa shape index (κ1) is 24.5. The molecule has 4 rings (SSSR count). The van der Waals surface area contributed by atoms with Crippen molar-refractivity contribution in [2.45, 2.75) is 51.7 Å². The lowest BCUT2D eigenvalue weighted by Crippen LogP contribution is -2.45. The van der Waals surface area contributed by atoms with Crippen molar-refractivity contribution in [1.29, 1.82) is 0 Å². The smallest absolute Gasteiger partial charge is 0.320 e. The quantitative estimate of drug-likeness (QED) is 0.464. The molecule has 3 aliphatic heterocycles. The van der Waals surface area contributed by atoms with Crippen LogP contribution in [0.25, 0.3) is 0 Å². The molecule has 3 amide bonds. The van der Waals surface area contributed by atoms with E-state index >= 15 is 0 Å². The summed E-state index contributed by atoms with van der Waals surface area (Å²) in [6.45, 7) is 4.91. The molecule has 1 aromatic rings. The maximum atomic E-state index is 13.2. The van der Waals surface area contributed by atoms with Crippen LogP contribution in [0.3, 0.4) is 0 Å². The summed E-state index contributed by atoms with van der Waals surface area (Å²) in [5.74, 6) is 0.275. The Morgan fingerprint density at radius 3 is 2.77 bits per heavy atom. The average Bonchev–Trinajstić information content (AvgIpc) is 3.42. The molecule has 0 saturated carbocycles. The molecule has 0 aliphatic carbocycles. The van der Waals surface area contributed by atoms with Crippen molar-refractivity contribution < 1.29 is 14.3 Å². The third-order valence-corrected chi connectivity index (χ3v) is 6.38. The Morgan fingerprint density at radius 1 is 1.17 bits per heavy atom. The highest BCUT2D eigenvalue weighted by Crippen LogP contribution is 2.29. The van der Waals surface area contributed by atoms with Gasteiger partial charge in [-0.1, -0.05) is 19.4 Å². The van der Waals surface area contributed by atoms with Crippen LogP contribution < -0.4 is 15.4 Å². The van der Waals surface area contributed by atoms with E-state index in [1.165, 1.54) is 0 Å². The van der Waals surface area contributed by atoms with Crippen LogP contribution >= 0.6 is 0 Å². The minimum atomic E-state index is -0.400. The molecule has 1 saturated heterocycles. The number of methoxy groups -OCH3 is 1. The molecule has 1 unspecified atom stereocenters. The highest BCUT2D eigenvalue weighted by molar-refractivity contribution is 5.97. The molecular formula is C26H34N6O3. The van der Waals surface area contributed by atoms with Gasteiger partial charge in [0.05, 0.1) is 24.6 Å². The molecule has 186 valence electrons. The van der Waals surface area contributed by atoms with E-state index in [-0.39, 0.29) is 11.9 Å². The maximum absolute atomic E-state index is 13.2. The Bertz CT molecular complexity index is 1060. The second-order valence-electron chi connectivity index (χ2n) is 8.90. The van der Waals surface area contributed by atoms with Gasteiger partial charge in [0.15, 0.2) is 0 Å². The van der Waals surface area contributed by atoms with Gasteiger partial charge in [-0.25, -0.2) is 4.79 Å². The molecule has 0 radical (unpaired) electrons. The predicted octanol–water partition coefficient (Wildman–Crippen LogP) is 3.23. The number of likely N-dealkylation sites (tertiary alicyclic amines) is 1. The molecule has 9 heteroatoms. The second-order valence-corrected chi connectivity index (χ2v) is 8.90. The number of hydrogen-bond acceptors (Lipinski definition) is 6. The minimum absolute atomic E-state index is 0.0894. The number of nitrogens with zero attached hydrogens (tertiary/aromatic N) is 4. The monoisotopic (exact) mass is 478 g/mol. The molecule has 9 nitrogen and oxygen atoms in total. The summed E-state index contributed by atoms with van der Waals surface area (Å²) in [5, 5.41) is 14.2. The largest absolute Gasteiger partial charge is 0.496 e. The summed E-state index contributed by atoms with van der Waals surface area (Å²) >= 11 is 0. The zero-order valence-corrected chi connectivity index (χ0v) is 20.5. The number of carbonyl (C=O) groups excluding carboxylic acids is 2. The third-order valence-electron chi connectivity index (χ3n) is 6.38. The fourth-order valence-corrected chi connectivity index (χ4v) is 4.46. The molecule has 1 fully saturated rings. The van der Waals surface area contributed by atoms with Gasteiger partial charge < -0.3 is 25.2 Å². The number of ether oxygens (including phenoxy) is 1. The number of hydrogen-bond donors (Lipinski definition) is 2. The van der Waals surface area contributed by atoms with E-state index in [1.807, 2.05) is 40.2 Å². The number of unbranched alkanes of at least 4 members (excludes halogenated alkanes) is 1. The van der Waals surface area contributed by atoms with Crippen LogP contribution in [0.2, 0.25) is 0 Å². The first-order valence-electron chi connectivity index (χ1n) is 12.3. The van der Waals surface area contributed by atoms with Crippen LogP contribution in [-0.2, 0) is 13.0 Å². The van der Waals surface area contributed by atoms with Gasteiger partial charge in [0.1, 0.15) is 11.9 Å². The Hall–Kier alpha value is -3.62. The number of allylic oxidation sites excluding steroid dienone is 3. The second kappa shape index (κ2) is 11.7. The number of amides is 3. The van der Waals surface area contributed by atoms with Crippen LogP contribution in [0, 0.1) is 0 Å². The average molecular weight is 479 g/mol. The van der Waals surface area contributed by atoms with Gasteiger partial charge in [-0.15, -0.1) is 0 Å². The molecule has 3 heterocycles. The number of fused-ring (bicyclic) bond motifs is 1. The van der Waals surface area contributed by atoms with E-state index in [1.54, 1.807) is 19.5 Å². The SMILES string of the molecule is CCC/C=N/N=C/C1=CC=CC(NC(=O)c2cc3c(cc2OC)CCN(C(=O)N2CCCC2)C3)N1. The molecule has 0 bridgehead atoms. The van der Waals surface area contributed by atoms with E-state index in [4.69, 9.17) is 4.74 Å². The van der Waals surface area contributed by atoms with Crippen molar-refractivity contribution >= 4 is 24.4 Å². The number of urea groups is 1. The van der Waals surface area contributed by atoms with Crippen LogP contribution in [-0.4, -0.2) is 67.1 Å². The summed E-state index contributed by atoms with van der Waals surface area (Å²) < 4.78 is 5.55. The van der Waals surface area contributed by atoms with E-state index in [0.717, 1.165) is 62.0 Å². The van der Waals surface area contributed by atoms with Gasteiger partial charge in [-0.2, -0.15) is 10.2 Å². The Morgan fingerprint density at radius 2 is 2.00 bits per heavy atom. The van der Waals surface area contributed by atoms with Crippen molar-refractivity contribution in [2.24, 2.45) is 10.2 Å². The van der Waals surface area contributed by atoms with Crippen molar-refractivity contribution in [2.75, 3.05) is 26.7 Å². The number of dihydropyridines is 1. The van der Waals surface area contributed by atoms with E-state index < -0.39 is 6.17 Å². The fraction of sp³-hybridized carbons (Fsp3) is 0.462. The summed E-state index contributed by atoms with van der Waals surface area (Å²) in [4.78, 5) is 29.9. The molecule has 0 aromatic heterocycles. The molecule has 35 heavy (non-hydrogen) atoms. The number of rotatable bonds is 7. The topological polar surface area (TPSA) is 98.6 Å². The molecule has 1 aromatic carbocycles. The van der Waals surface area contributed by atoms with Gasteiger partial charge in [0, 0.05) is 32.4 Å². The normalized spacial score (nSPS) is 19.6. The van der Waals surface area contributed by atoms with Crippen molar-refractivity contribution in [3.05, 3.63) is 52.7 Å². The van der Waals surface area contributed by atoms with E-state index in [2.05, 4.69) is 27.8 Å². The van der Waals surface area contributed by atoms with Gasteiger partial charge in [0.25, 0.3) is 5.91 Å². The first-order valence-corrected chi connectivity index (χ1v) is 12.3. The third kappa shape index (κ3) is 6.09. The lowest BCUT2D eigenvalue weighted by atomic mass is 9.96. The lowest BCUT2D eigenvalue weighted by molar-refractivity contribution is 0.0937. The van der Waals surface area contributed by atoms with Gasteiger partial charge >= 0.3 is 6.03 Å². The van der Waals surface area contributed by atoms with Gasteiger partial charge in [-0.05, 0) is 61.1 Å². The predicted molar refractivity (Wildman–Crippen MR) is 137 cm³/mol. The fourth-order valence-electron chi connectivity index (χ4n) is 4.46.